The second-order valence-electron chi connectivity index (χ2n) is 6.51. The van der Waals surface area contributed by atoms with Gasteiger partial charge in [-0.3, -0.25) is 9.59 Å². The van der Waals surface area contributed by atoms with E-state index in [0.29, 0.717) is 18.0 Å². The number of carbonyl (C=O) groups excluding carboxylic acids is 2. The van der Waals surface area contributed by atoms with Gasteiger partial charge in [-0.05, 0) is 30.9 Å². The maximum Gasteiger partial charge on any atom is 0.243 e. The third kappa shape index (κ3) is 6.36. The van der Waals surface area contributed by atoms with E-state index in [4.69, 9.17) is 15.2 Å². The van der Waals surface area contributed by atoms with Crippen LogP contribution in [0.15, 0.2) is 24.3 Å². The van der Waals surface area contributed by atoms with Gasteiger partial charge in [0.15, 0.2) is 0 Å². The van der Waals surface area contributed by atoms with E-state index in [9.17, 15) is 9.59 Å². The lowest BCUT2D eigenvalue weighted by Gasteiger charge is -2.15. The molecular formula is C18H27N3O4. The number of rotatable bonds is 8. The van der Waals surface area contributed by atoms with E-state index in [1.54, 1.807) is 18.2 Å². The van der Waals surface area contributed by atoms with Crippen molar-refractivity contribution in [2.24, 2.45) is 11.7 Å². The van der Waals surface area contributed by atoms with Crippen LogP contribution in [0, 0.1) is 5.92 Å². The third-order valence-corrected chi connectivity index (χ3v) is 4.02. The van der Waals surface area contributed by atoms with Crippen LogP contribution in [0.4, 0.5) is 5.69 Å². The Balaban J connectivity index is 1.78. The van der Waals surface area contributed by atoms with Crippen LogP contribution in [0.3, 0.4) is 0 Å². The molecule has 0 spiro atoms. The zero-order valence-corrected chi connectivity index (χ0v) is 14.8. The van der Waals surface area contributed by atoms with Crippen LogP contribution in [0.25, 0.3) is 0 Å². The van der Waals surface area contributed by atoms with Crippen molar-refractivity contribution in [1.29, 1.82) is 0 Å². The van der Waals surface area contributed by atoms with Gasteiger partial charge in [-0.25, -0.2) is 0 Å². The van der Waals surface area contributed by atoms with Crippen molar-refractivity contribution >= 4 is 17.5 Å². The minimum absolute atomic E-state index is 0.0146. The number of hydrogen-bond donors (Lipinski definition) is 3. The van der Waals surface area contributed by atoms with Gasteiger partial charge in [0.1, 0.15) is 12.4 Å². The summed E-state index contributed by atoms with van der Waals surface area (Å²) < 4.78 is 11.2. The second kappa shape index (κ2) is 9.39. The highest BCUT2D eigenvalue weighted by atomic mass is 16.5. The van der Waals surface area contributed by atoms with Crippen LogP contribution in [0.1, 0.15) is 26.7 Å². The zero-order chi connectivity index (χ0) is 18.2. The first-order chi connectivity index (χ1) is 12.0. The lowest BCUT2D eigenvalue weighted by Crippen LogP contribution is -2.46. The van der Waals surface area contributed by atoms with E-state index >= 15 is 0 Å². The Morgan fingerprint density at radius 1 is 1.40 bits per heavy atom. The highest BCUT2D eigenvalue weighted by molar-refractivity contribution is 5.95. The van der Waals surface area contributed by atoms with Crippen molar-refractivity contribution in [3.8, 4) is 5.75 Å². The van der Waals surface area contributed by atoms with Crippen LogP contribution in [0.2, 0.25) is 0 Å². The van der Waals surface area contributed by atoms with E-state index < -0.39 is 6.04 Å². The lowest BCUT2D eigenvalue weighted by atomic mass is 10.1. The summed E-state index contributed by atoms with van der Waals surface area (Å²) in [6.07, 6.45) is 2.21. The first kappa shape index (κ1) is 19.2. The molecule has 0 saturated carbocycles. The van der Waals surface area contributed by atoms with Gasteiger partial charge in [0, 0.05) is 18.4 Å². The highest BCUT2D eigenvalue weighted by Gasteiger charge is 2.18. The molecule has 1 heterocycles. The number of hydrogen-bond acceptors (Lipinski definition) is 5. The van der Waals surface area contributed by atoms with E-state index in [-0.39, 0.29) is 30.4 Å². The average Bonchev–Trinajstić information content (AvgIpc) is 3.11. The second-order valence-corrected chi connectivity index (χ2v) is 6.51. The van der Waals surface area contributed by atoms with E-state index in [1.165, 1.54) is 0 Å². The highest BCUT2D eigenvalue weighted by Crippen LogP contribution is 2.19. The Labute approximate surface area is 148 Å². The number of ether oxygens (including phenoxy) is 2. The molecule has 0 aliphatic carbocycles. The molecule has 25 heavy (non-hydrogen) atoms. The summed E-state index contributed by atoms with van der Waals surface area (Å²) in [7, 11) is 0. The van der Waals surface area contributed by atoms with Gasteiger partial charge < -0.3 is 25.8 Å². The molecule has 1 aliphatic heterocycles. The van der Waals surface area contributed by atoms with E-state index in [2.05, 4.69) is 10.6 Å². The Morgan fingerprint density at radius 3 is 2.88 bits per heavy atom. The van der Waals surface area contributed by atoms with Crippen LogP contribution in [-0.4, -0.2) is 43.7 Å². The number of benzene rings is 1. The summed E-state index contributed by atoms with van der Waals surface area (Å²) >= 11 is 0. The summed E-state index contributed by atoms with van der Waals surface area (Å²) in [4.78, 5) is 23.7. The molecule has 1 aromatic rings. The topological polar surface area (TPSA) is 103 Å². The van der Waals surface area contributed by atoms with Crippen LogP contribution < -0.4 is 21.1 Å². The molecule has 7 heteroatoms. The van der Waals surface area contributed by atoms with Gasteiger partial charge in [0.25, 0.3) is 0 Å². The number of nitrogens with one attached hydrogen (secondary N) is 2. The van der Waals surface area contributed by atoms with Crippen LogP contribution >= 0.6 is 0 Å². The van der Waals surface area contributed by atoms with Crippen molar-refractivity contribution in [1.82, 2.24) is 5.32 Å². The standard InChI is InChI=1S/C18H27N3O4/c1-12(2)17(19)18(23)20-10-16(22)21-13-5-3-6-14(9-13)25-11-15-7-4-8-24-15/h3,5-6,9,12,15,17H,4,7-8,10-11,19H2,1-2H3,(H,20,23)(H,21,22)/t15?,17-/m0/s1. The van der Waals surface area contributed by atoms with Crippen molar-refractivity contribution < 1.29 is 19.1 Å². The molecule has 1 fully saturated rings. The Hall–Kier alpha value is -2.12. The van der Waals surface area contributed by atoms with Gasteiger partial charge in [-0.2, -0.15) is 0 Å². The van der Waals surface area contributed by atoms with E-state index in [1.807, 2.05) is 19.9 Å². The molecule has 0 aromatic heterocycles. The Morgan fingerprint density at radius 2 is 2.20 bits per heavy atom. The number of carbonyl (C=O) groups is 2. The normalized spacial score (nSPS) is 18.0. The number of anilines is 1. The molecule has 1 saturated heterocycles. The fourth-order valence-corrected chi connectivity index (χ4v) is 2.42. The summed E-state index contributed by atoms with van der Waals surface area (Å²) in [6, 6.07) is 6.51. The summed E-state index contributed by atoms with van der Waals surface area (Å²) in [6.45, 7) is 4.87. The first-order valence-electron chi connectivity index (χ1n) is 8.63. The van der Waals surface area contributed by atoms with Crippen molar-refractivity contribution in [3.63, 3.8) is 0 Å². The number of amides is 2. The Kier molecular flexibility index (Phi) is 7.21. The fraction of sp³-hybridized carbons (Fsp3) is 0.556. The van der Waals surface area contributed by atoms with Gasteiger partial charge >= 0.3 is 0 Å². The predicted octanol–water partition coefficient (Wildman–Crippen LogP) is 1.28. The van der Waals surface area contributed by atoms with Crippen LogP contribution in [0.5, 0.6) is 5.75 Å². The molecule has 138 valence electrons. The zero-order valence-electron chi connectivity index (χ0n) is 14.8. The van der Waals surface area contributed by atoms with Gasteiger partial charge in [-0.1, -0.05) is 19.9 Å². The summed E-state index contributed by atoms with van der Waals surface area (Å²) in [5.74, 6) is 0.0271. The Bertz CT molecular complexity index is 585. The van der Waals surface area contributed by atoms with Gasteiger partial charge in [-0.15, -0.1) is 0 Å². The maximum atomic E-state index is 12.0. The first-order valence-corrected chi connectivity index (χ1v) is 8.63. The van der Waals surface area contributed by atoms with Crippen LogP contribution in [-0.2, 0) is 14.3 Å². The van der Waals surface area contributed by atoms with Crippen molar-refractivity contribution in [3.05, 3.63) is 24.3 Å². The van der Waals surface area contributed by atoms with E-state index in [0.717, 1.165) is 19.4 Å². The smallest absolute Gasteiger partial charge is 0.243 e. The fourth-order valence-electron chi connectivity index (χ4n) is 2.42. The van der Waals surface area contributed by atoms with Crippen molar-refractivity contribution in [2.75, 3.05) is 25.1 Å². The molecule has 0 radical (unpaired) electrons. The largest absolute Gasteiger partial charge is 0.491 e. The molecule has 1 aromatic carbocycles. The monoisotopic (exact) mass is 349 g/mol. The van der Waals surface area contributed by atoms with Crippen molar-refractivity contribution in [2.45, 2.75) is 38.8 Å². The molecule has 2 amide bonds. The lowest BCUT2D eigenvalue weighted by molar-refractivity contribution is -0.125. The quantitative estimate of drug-likeness (QED) is 0.656. The molecule has 1 aliphatic rings. The minimum Gasteiger partial charge on any atom is -0.491 e. The maximum absolute atomic E-state index is 12.0. The molecule has 7 nitrogen and oxygen atoms in total. The SMILES string of the molecule is CC(C)[C@H](N)C(=O)NCC(=O)Nc1cccc(OCC2CCCO2)c1. The molecule has 1 unspecified atom stereocenters. The predicted molar refractivity (Wildman–Crippen MR) is 95.4 cm³/mol. The molecule has 0 bridgehead atoms. The molecular weight excluding hydrogens is 322 g/mol. The average molecular weight is 349 g/mol. The molecule has 2 rings (SSSR count). The number of nitrogens with two attached hydrogens (primary N) is 1. The molecule has 2 atom stereocenters. The summed E-state index contributed by atoms with van der Waals surface area (Å²) in [5.41, 5.74) is 6.34. The third-order valence-electron chi connectivity index (χ3n) is 4.02. The minimum atomic E-state index is -0.623. The van der Waals surface area contributed by atoms with Gasteiger partial charge in [0.05, 0.1) is 18.7 Å². The molecule has 4 N–H and O–H groups in total. The summed E-state index contributed by atoms with van der Waals surface area (Å²) in [5, 5.41) is 5.26. The van der Waals surface area contributed by atoms with Gasteiger partial charge in [0.2, 0.25) is 11.8 Å².